The van der Waals surface area contributed by atoms with Crippen LogP contribution in [0.3, 0.4) is 0 Å². The third-order valence-electron chi connectivity index (χ3n) is 4.63. The molecule has 3 rings (SSSR count). The first-order valence-corrected chi connectivity index (χ1v) is 8.60. The lowest BCUT2D eigenvalue weighted by Gasteiger charge is -2.19. The molecule has 0 aliphatic heterocycles. The number of aromatic hydroxyl groups is 1. The monoisotopic (exact) mass is 327 g/mol. The molecule has 0 radical (unpaired) electrons. The van der Waals surface area contributed by atoms with Crippen LogP contribution >= 0.6 is 0 Å². The number of aryl methyl sites for hydroxylation is 4. The highest BCUT2D eigenvalue weighted by Crippen LogP contribution is 2.28. The molecular formula is C19H25N3O2. The first-order chi connectivity index (χ1) is 11.4. The lowest BCUT2D eigenvalue weighted by molar-refractivity contribution is 0.0933. The van der Waals surface area contributed by atoms with Crippen LogP contribution in [0.5, 0.6) is 5.75 Å². The maximum absolute atomic E-state index is 12.5. The fourth-order valence-electron chi connectivity index (χ4n) is 3.42. The van der Waals surface area contributed by atoms with Crippen molar-refractivity contribution in [1.29, 1.82) is 0 Å². The quantitative estimate of drug-likeness (QED) is 0.907. The number of fused-ring (bicyclic) bond motifs is 1. The van der Waals surface area contributed by atoms with E-state index in [1.165, 1.54) is 11.1 Å². The molecule has 0 spiro atoms. The van der Waals surface area contributed by atoms with Crippen LogP contribution in [0.2, 0.25) is 0 Å². The smallest absolute Gasteiger partial charge is 0.255 e. The Morgan fingerprint density at radius 2 is 1.92 bits per heavy atom. The van der Waals surface area contributed by atoms with E-state index in [-0.39, 0.29) is 17.7 Å². The number of amides is 1. The fraction of sp³-hybridized carbons (Fsp3) is 0.474. The molecule has 2 N–H and O–H groups in total. The molecule has 0 saturated heterocycles. The van der Waals surface area contributed by atoms with E-state index in [0.29, 0.717) is 12.1 Å². The number of carbonyl (C=O) groups excluding carboxylic acids is 1. The van der Waals surface area contributed by atoms with Crippen LogP contribution in [0.1, 0.15) is 52.6 Å². The second-order valence-electron chi connectivity index (χ2n) is 6.83. The van der Waals surface area contributed by atoms with Crippen LogP contribution < -0.4 is 5.32 Å². The molecule has 2 aromatic rings. The highest BCUT2D eigenvalue weighted by molar-refractivity contribution is 5.97. The topological polar surface area (TPSA) is 67.2 Å². The standard InChI is InChI=1S/C19H25N3O2/c1-12-8-14(3)22(21-12)11-13(2)20-19(24)17-9-15-6-4-5-7-16(15)10-18(17)23/h8-10,13,23H,4-7,11H2,1-3H3,(H,20,24)/t13-/m1/s1. The minimum absolute atomic E-state index is 0.0754. The molecule has 0 fully saturated rings. The lowest BCUT2D eigenvalue weighted by Crippen LogP contribution is -2.36. The molecule has 0 bridgehead atoms. The van der Waals surface area contributed by atoms with Gasteiger partial charge in [0.1, 0.15) is 5.75 Å². The highest BCUT2D eigenvalue weighted by atomic mass is 16.3. The van der Waals surface area contributed by atoms with E-state index in [9.17, 15) is 9.90 Å². The third-order valence-corrected chi connectivity index (χ3v) is 4.63. The second-order valence-corrected chi connectivity index (χ2v) is 6.83. The van der Waals surface area contributed by atoms with Crippen LogP contribution in [0.25, 0.3) is 0 Å². The molecule has 1 aliphatic rings. The average Bonchev–Trinajstić information content (AvgIpc) is 2.83. The van der Waals surface area contributed by atoms with Crippen molar-refractivity contribution in [2.45, 2.75) is 59.0 Å². The van der Waals surface area contributed by atoms with Gasteiger partial charge in [0, 0.05) is 11.7 Å². The molecule has 0 unspecified atom stereocenters. The Kier molecular flexibility index (Phi) is 4.60. The van der Waals surface area contributed by atoms with E-state index < -0.39 is 0 Å². The molecule has 1 aromatic carbocycles. The van der Waals surface area contributed by atoms with Gasteiger partial charge in [-0.1, -0.05) is 0 Å². The van der Waals surface area contributed by atoms with Crippen LogP contribution in [-0.2, 0) is 19.4 Å². The number of hydrogen-bond donors (Lipinski definition) is 2. The number of rotatable bonds is 4. The van der Waals surface area contributed by atoms with Gasteiger partial charge in [0.05, 0.1) is 17.8 Å². The van der Waals surface area contributed by atoms with Crippen LogP contribution in [0.15, 0.2) is 18.2 Å². The first kappa shape index (κ1) is 16.6. The van der Waals surface area contributed by atoms with Gasteiger partial charge in [-0.15, -0.1) is 0 Å². The van der Waals surface area contributed by atoms with Crippen molar-refractivity contribution in [3.8, 4) is 5.75 Å². The number of aromatic nitrogens is 2. The van der Waals surface area contributed by atoms with Gasteiger partial charge in [-0.05, 0) is 75.8 Å². The van der Waals surface area contributed by atoms with Crippen molar-refractivity contribution in [1.82, 2.24) is 15.1 Å². The van der Waals surface area contributed by atoms with Crippen molar-refractivity contribution in [3.05, 3.63) is 46.3 Å². The summed E-state index contributed by atoms with van der Waals surface area (Å²) in [5.74, 6) is -0.152. The van der Waals surface area contributed by atoms with Gasteiger partial charge in [-0.3, -0.25) is 9.48 Å². The summed E-state index contributed by atoms with van der Waals surface area (Å²) in [4.78, 5) is 12.5. The summed E-state index contributed by atoms with van der Waals surface area (Å²) >= 11 is 0. The van der Waals surface area contributed by atoms with Gasteiger partial charge in [0.15, 0.2) is 0 Å². The van der Waals surface area contributed by atoms with E-state index in [2.05, 4.69) is 10.4 Å². The van der Waals surface area contributed by atoms with Gasteiger partial charge < -0.3 is 10.4 Å². The number of benzene rings is 1. The summed E-state index contributed by atoms with van der Waals surface area (Å²) in [6.07, 6.45) is 4.27. The van der Waals surface area contributed by atoms with Gasteiger partial charge >= 0.3 is 0 Å². The summed E-state index contributed by atoms with van der Waals surface area (Å²) in [6.45, 7) is 6.52. The van der Waals surface area contributed by atoms with Crippen molar-refractivity contribution >= 4 is 5.91 Å². The maximum atomic E-state index is 12.5. The molecular weight excluding hydrogens is 302 g/mol. The van der Waals surface area contributed by atoms with E-state index >= 15 is 0 Å². The molecule has 1 aliphatic carbocycles. The Morgan fingerprint density at radius 1 is 1.25 bits per heavy atom. The maximum Gasteiger partial charge on any atom is 0.255 e. The van der Waals surface area contributed by atoms with E-state index in [1.807, 2.05) is 37.6 Å². The van der Waals surface area contributed by atoms with Crippen molar-refractivity contribution < 1.29 is 9.90 Å². The number of phenols is 1. The number of hydrogen-bond acceptors (Lipinski definition) is 3. The Bertz CT molecular complexity index is 764. The molecule has 1 atom stereocenters. The molecule has 1 amide bonds. The zero-order valence-electron chi connectivity index (χ0n) is 14.6. The predicted molar refractivity (Wildman–Crippen MR) is 93.4 cm³/mol. The average molecular weight is 327 g/mol. The Hall–Kier alpha value is -2.30. The van der Waals surface area contributed by atoms with Crippen LogP contribution in [-0.4, -0.2) is 26.8 Å². The molecule has 5 nitrogen and oxygen atoms in total. The van der Waals surface area contributed by atoms with Gasteiger partial charge in [0.25, 0.3) is 5.91 Å². The van der Waals surface area contributed by atoms with Gasteiger partial charge in [-0.25, -0.2) is 0 Å². The van der Waals surface area contributed by atoms with E-state index in [1.54, 1.807) is 6.07 Å². The summed E-state index contributed by atoms with van der Waals surface area (Å²) in [5, 5.41) is 17.6. The third kappa shape index (κ3) is 3.45. The molecule has 1 aromatic heterocycles. The summed E-state index contributed by atoms with van der Waals surface area (Å²) in [7, 11) is 0. The normalized spacial score (nSPS) is 15.0. The molecule has 128 valence electrons. The largest absolute Gasteiger partial charge is 0.507 e. The number of nitrogens with zero attached hydrogens (tertiary/aromatic N) is 2. The molecule has 1 heterocycles. The SMILES string of the molecule is Cc1cc(C)n(C[C@@H](C)NC(=O)c2cc3c(cc2O)CCCC3)n1. The number of phenolic OH excluding ortho intramolecular Hbond substituents is 1. The minimum atomic E-state index is -0.227. The first-order valence-electron chi connectivity index (χ1n) is 8.60. The van der Waals surface area contributed by atoms with Crippen LogP contribution in [0, 0.1) is 13.8 Å². The molecule has 0 saturated carbocycles. The summed E-state index contributed by atoms with van der Waals surface area (Å²) in [6, 6.07) is 5.56. The Morgan fingerprint density at radius 3 is 2.54 bits per heavy atom. The highest BCUT2D eigenvalue weighted by Gasteiger charge is 2.19. The molecule has 5 heteroatoms. The van der Waals surface area contributed by atoms with E-state index in [0.717, 1.165) is 37.1 Å². The van der Waals surface area contributed by atoms with Crippen molar-refractivity contribution in [2.24, 2.45) is 0 Å². The zero-order valence-corrected chi connectivity index (χ0v) is 14.6. The predicted octanol–water partition coefficient (Wildman–Crippen LogP) is 2.90. The fourth-order valence-corrected chi connectivity index (χ4v) is 3.42. The van der Waals surface area contributed by atoms with Crippen molar-refractivity contribution in [2.75, 3.05) is 0 Å². The number of nitrogens with one attached hydrogen (secondary N) is 1. The minimum Gasteiger partial charge on any atom is -0.507 e. The Balaban J connectivity index is 1.71. The zero-order chi connectivity index (χ0) is 17.3. The van der Waals surface area contributed by atoms with Gasteiger partial charge in [-0.2, -0.15) is 5.10 Å². The Labute approximate surface area is 142 Å². The number of carbonyl (C=O) groups is 1. The summed E-state index contributed by atoms with van der Waals surface area (Å²) < 4.78 is 1.90. The summed E-state index contributed by atoms with van der Waals surface area (Å²) in [5.41, 5.74) is 4.78. The second kappa shape index (κ2) is 6.67. The van der Waals surface area contributed by atoms with Crippen LogP contribution in [0.4, 0.5) is 0 Å². The molecule has 24 heavy (non-hydrogen) atoms. The van der Waals surface area contributed by atoms with E-state index in [4.69, 9.17) is 0 Å². The van der Waals surface area contributed by atoms with Gasteiger partial charge in [0.2, 0.25) is 0 Å². The lowest BCUT2D eigenvalue weighted by atomic mass is 9.90. The van der Waals surface area contributed by atoms with Crippen molar-refractivity contribution in [3.63, 3.8) is 0 Å².